The zero-order valence-corrected chi connectivity index (χ0v) is 26.1. The summed E-state index contributed by atoms with van der Waals surface area (Å²) in [5, 5.41) is 35.5. The Bertz CT molecular complexity index is 1590. The molecule has 1 amide bonds. The maximum atomic E-state index is 15.9. The second-order valence-electron chi connectivity index (χ2n) is 11.6. The van der Waals surface area contributed by atoms with Gasteiger partial charge in [0, 0.05) is 29.1 Å². The molecular formula is C33H33Cl2F2N3O5. The molecule has 3 aromatic carbocycles. The van der Waals surface area contributed by atoms with Crippen LogP contribution in [0.4, 0.5) is 8.78 Å². The smallest absolute Gasteiger partial charge is 0.316 e. The van der Waals surface area contributed by atoms with Gasteiger partial charge in [0.05, 0.1) is 35.3 Å². The molecule has 238 valence electrons. The van der Waals surface area contributed by atoms with Crippen LogP contribution < -0.4 is 15.4 Å². The summed E-state index contributed by atoms with van der Waals surface area (Å²) in [6.45, 7) is 2.62. The predicted octanol–water partition coefficient (Wildman–Crippen LogP) is 5.04. The number of carbonyl (C=O) groups is 2. The van der Waals surface area contributed by atoms with Crippen molar-refractivity contribution in [3.8, 4) is 11.8 Å². The Kier molecular flexibility index (Phi) is 10.8. The van der Waals surface area contributed by atoms with Crippen LogP contribution in [0, 0.1) is 28.4 Å². The van der Waals surface area contributed by atoms with Gasteiger partial charge in [0.2, 0.25) is 5.91 Å². The molecule has 0 radical (unpaired) electrons. The van der Waals surface area contributed by atoms with Gasteiger partial charge in [0.25, 0.3) is 0 Å². The molecule has 0 bridgehead atoms. The second-order valence-corrected chi connectivity index (χ2v) is 12.5. The van der Waals surface area contributed by atoms with Gasteiger partial charge < -0.3 is 25.6 Å². The predicted molar refractivity (Wildman–Crippen MR) is 165 cm³/mol. The highest BCUT2D eigenvalue weighted by atomic mass is 35.5. The fourth-order valence-corrected chi connectivity index (χ4v) is 6.18. The number of nitrogens with zero attached hydrogens (tertiary/aromatic N) is 1. The first kappa shape index (κ1) is 34.3. The maximum absolute atomic E-state index is 15.9. The fraction of sp³-hybridized carbons (Fsp3) is 0.364. The third-order valence-corrected chi connectivity index (χ3v) is 8.65. The number of hydrogen-bond acceptors (Lipinski definition) is 7. The Labute approximate surface area is 269 Å². The van der Waals surface area contributed by atoms with Gasteiger partial charge in [-0.3, -0.25) is 9.59 Å². The summed E-state index contributed by atoms with van der Waals surface area (Å²) in [4.78, 5) is 27.2. The van der Waals surface area contributed by atoms with Gasteiger partial charge in [0.15, 0.2) is 0 Å². The molecule has 4 rings (SSSR count). The highest BCUT2D eigenvalue weighted by molar-refractivity contribution is 6.31. The van der Waals surface area contributed by atoms with E-state index in [2.05, 4.69) is 16.7 Å². The van der Waals surface area contributed by atoms with Crippen molar-refractivity contribution in [2.45, 2.75) is 56.2 Å². The van der Waals surface area contributed by atoms with Crippen LogP contribution in [-0.2, 0) is 15.0 Å². The van der Waals surface area contributed by atoms with Gasteiger partial charge in [-0.2, -0.15) is 5.26 Å². The number of rotatable bonds is 11. The molecule has 0 spiro atoms. The number of benzene rings is 3. The van der Waals surface area contributed by atoms with E-state index in [0.29, 0.717) is 5.75 Å². The van der Waals surface area contributed by atoms with E-state index >= 15 is 8.78 Å². The first-order valence-electron chi connectivity index (χ1n) is 14.3. The highest BCUT2D eigenvalue weighted by Crippen LogP contribution is 2.53. The monoisotopic (exact) mass is 659 g/mol. The van der Waals surface area contributed by atoms with Crippen LogP contribution in [0.3, 0.4) is 0 Å². The molecule has 0 saturated carbocycles. The van der Waals surface area contributed by atoms with Crippen molar-refractivity contribution in [1.82, 2.24) is 10.6 Å². The molecule has 1 saturated heterocycles. The van der Waals surface area contributed by atoms with Gasteiger partial charge in [0.1, 0.15) is 22.8 Å². The zero-order valence-electron chi connectivity index (χ0n) is 24.6. The number of aliphatic hydroxyl groups excluding tert-OH is 2. The molecule has 1 fully saturated rings. The standard InChI is InChI=1S/C33H33Cl2F2N3O5/c1-32(2,31(44)45-21-7-4-3-5-8-21)16-26-33(18-38,23-12-11-19(34)15-25(23)36)27(22-9-6-10-24(35)28(22)37)29(40-26)30(43)39-14-13-20(42)17-41/h3-12,15,20,26-27,29,40-42H,13-14,16-17H2,1-2H3,(H,39,43)/t20-,26-,27-,29+,33-/m0/s1. The minimum atomic E-state index is -1.98. The average Bonchev–Trinajstić information content (AvgIpc) is 3.32. The van der Waals surface area contributed by atoms with Crippen molar-refractivity contribution in [3.05, 3.63) is 99.5 Å². The Balaban J connectivity index is 1.87. The lowest BCUT2D eigenvalue weighted by atomic mass is 9.62. The lowest BCUT2D eigenvalue weighted by Gasteiger charge is -2.37. The van der Waals surface area contributed by atoms with Crippen LogP contribution in [0.25, 0.3) is 0 Å². The average molecular weight is 661 g/mol. The largest absolute Gasteiger partial charge is 0.426 e. The number of amides is 1. The van der Waals surface area contributed by atoms with Gasteiger partial charge in [-0.1, -0.05) is 59.6 Å². The summed E-state index contributed by atoms with van der Waals surface area (Å²) < 4.78 is 37.3. The molecule has 5 atom stereocenters. The summed E-state index contributed by atoms with van der Waals surface area (Å²) in [5.41, 5.74) is -3.55. The Morgan fingerprint density at radius 2 is 1.84 bits per heavy atom. The normalized spacial score (nSPS) is 22.0. The van der Waals surface area contributed by atoms with E-state index in [4.69, 9.17) is 33.0 Å². The lowest BCUT2D eigenvalue weighted by Crippen LogP contribution is -2.47. The molecule has 0 unspecified atom stereocenters. The molecule has 0 aliphatic carbocycles. The van der Waals surface area contributed by atoms with Crippen LogP contribution in [-0.4, -0.2) is 53.4 Å². The summed E-state index contributed by atoms with van der Waals surface area (Å²) in [7, 11) is 0. The van der Waals surface area contributed by atoms with Gasteiger partial charge in [-0.25, -0.2) is 8.78 Å². The molecule has 45 heavy (non-hydrogen) atoms. The Morgan fingerprint density at radius 3 is 2.49 bits per heavy atom. The number of ether oxygens (including phenoxy) is 1. The van der Waals surface area contributed by atoms with E-state index in [0.717, 1.165) is 6.07 Å². The van der Waals surface area contributed by atoms with Crippen LogP contribution in [0.2, 0.25) is 10.0 Å². The summed E-state index contributed by atoms with van der Waals surface area (Å²) in [5.74, 6) is -4.13. The number of para-hydroxylation sites is 1. The summed E-state index contributed by atoms with van der Waals surface area (Å²) in [6.07, 6.45) is -1.21. The number of nitriles is 1. The molecule has 3 aromatic rings. The zero-order chi connectivity index (χ0) is 32.9. The molecule has 0 aromatic heterocycles. The maximum Gasteiger partial charge on any atom is 0.316 e. The number of halogens is 4. The molecule has 1 heterocycles. The third kappa shape index (κ3) is 7.13. The topological polar surface area (TPSA) is 132 Å². The van der Waals surface area contributed by atoms with E-state index in [1.165, 1.54) is 30.3 Å². The molecular weight excluding hydrogens is 627 g/mol. The number of hydrogen-bond donors (Lipinski definition) is 4. The number of aliphatic hydroxyl groups is 2. The number of carbonyl (C=O) groups excluding carboxylic acids is 2. The van der Waals surface area contributed by atoms with Gasteiger partial charge >= 0.3 is 5.97 Å². The SMILES string of the molecule is CC(C)(C[C@@H]1N[C@@H](C(=O)NCC[C@H](O)CO)[C@H](c2cccc(Cl)c2F)[C@@]1(C#N)c1ccc(Cl)cc1F)C(=O)Oc1ccccc1. The van der Waals surface area contributed by atoms with Crippen molar-refractivity contribution in [1.29, 1.82) is 5.26 Å². The Hall–Kier alpha value is -3.59. The Morgan fingerprint density at radius 1 is 1.13 bits per heavy atom. The van der Waals surface area contributed by atoms with Gasteiger partial charge in [-0.05, 0) is 62.6 Å². The van der Waals surface area contributed by atoms with E-state index < -0.39 is 65.1 Å². The molecule has 8 nitrogen and oxygen atoms in total. The van der Waals surface area contributed by atoms with E-state index in [9.17, 15) is 20.0 Å². The van der Waals surface area contributed by atoms with E-state index in [-0.39, 0.29) is 40.6 Å². The molecule has 12 heteroatoms. The minimum absolute atomic E-state index is 0.0160. The van der Waals surface area contributed by atoms with E-state index in [1.807, 2.05) is 0 Å². The van der Waals surface area contributed by atoms with Crippen LogP contribution in [0.5, 0.6) is 5.75 Å². The van der Waals surface area contributed by atoms with Crippen molar-refractivity contribution in [3.63, 3.8) is 0 Å². The van der Waals surface area contributed by atoms with Gasteiger partial charge in [-0.15, -0.1) is 0 Å². The van der Waals surface area contributed by atoms with Crippen LogP contribution >= 0.6 is 23.2 Å². The first-order chi connectivity index (χ1) is 21.3. The fourth-order valence-electron chi connectivity index (χ4n) is 5.84. The summed E-state index contributed by atoms with van der Waals surface area (Å²) in [6, 6.07) is 16.0. The molecule has 1 aliphatic rings. The second kappa shape index (κ2) is 14.2. The number of esters is 1. The summed E-state index contributed by atoms with van der Waals surface area (Å²) >= 11 is 12.2. The van der Waals surface area contributed by atoms with Crippen LogP contribution in [0.1, 0.15) is 43.7 Å². The lowest BCUT2D eigenvalue weighted by molar-refractivity contribution is -0.144. The third-order valence-electron chi connectivity index (χ3n) is 8.12. The van der Waals surface area contributed by atoms with Crippen molar-refractivity contribution < 1.29 is 33.3 Å². The van der Waals surface area contributed by atoms with Crippen molar-refractivity contribution in [2.24, 2.45) is 5.41 Å². The number of nitrogens with one attached hydrogen (secondary N) is 2. The first-order valence-corrected chi connectivity index (χ1v) is 15.0. The highest BCUT2D eigenvalue weighted by Gasteiger charge is 2.62. The molecule has 4 N–H and O–H groups in total. The molecule has 1 aliphatic heterocycles. The van der Waals surface area contributed by atoms with Crippen molar-refractivity contribution >= 4 is 35.1 Å². The van der Waals surface area contributed by atoms with Crippen LogP contribution in [0.15, 0.2) is 66.7 Å². The van der Waals surface area contributed by atoms with E-state index in [1.54, 1.807) is 44.2 Å². The minimum Gasteiger partial charge on any atom is -0.426 e. The van der Waals surface area contributed by atoms with Crippen molar-refractivity contribution in [2.75, 3.05) is 13.2 Å². The quantitative estimate of drug-likeness (QED) is 0.168.